The molecule has 0 spiro atoms. The van der Waals surface area contributed by atoms with E-state index in [1.807, 2.05) is 6.92 Å². The zero-order chi connectivity index (χ0) is 16.0. The smallest absolute Gasteiger partial charge is 0.306 e. The van der Waals surface area contributed by atoms with E-state index >= 15 is 0 Å². The van der Waals surface area contributed by atoms with Crippen LogP contribution < -0.4 is 4.74 Å². The molecule has 0 unspecified atom stereocenters. The summed E-state index contributed by atoms with van der Waals surface area (Å²) in [7, 11) is 1.65. The van der Waals surface area contributed by atoms with Crippen molar-refractivity contribution < 1.29 is 19.4 Å². The number of aliphatic hydroxyl groups excluding tert-OH is 1. The van der Waals surface area contributed by atoms with E-state index in [4.69, 9.17) is 14.6 Å². The highest BCUT2D eigenvalue weighted by Gasteiger charge is 2.18. The number of hydrogen-bond acceptors (Lipinski definition) is 4. The van der Waals surface area contributed by atoms with E-state index in [0.29, 0.717) is 6.42 Å². The van der Waals surface area contributed by atoms with Gasteiger partial charge in [-0.1, -0.05) is 32.9 Å². The monoisotopic (exact) mass is 294 g/mol. The van der Waals surface area contributed by atoms with Crippen molar-refractivity contribution >= 4 is 5.97 Å². The molecule has 0 fully saturated rings. The lowest BCUT2D eigenvalue weighted by molar-refractivity contribution is -0.144. The molecule has 0 aromatic heterocycles. The summed E-state index contributed by atoms with van der Waals surface area (Å²) in [6.45, 7) is 8.40. The Morgan fingerprint density at radius 1 is 1.29 bits per heavy atom. The summed E-state index contributed by atoms with van der Waals surface area (Å²) in [5, 5.41) is 8.65. The second-order valence-electron chi connectivity index (χ2n) is 6.18. The number of ether oxygens (including phenoxy) is 2. The molecule has 4 heteroatoms. The predicted octanol–water partition coefficient (Wildman–Crippen LogP) is 2.77. The highest BCUT2D eigenvalue weighted by molar-refractivity contribution is 5.70. The van der Waals surface area contributed by atoms with Gasteiger partial charge in [0.1, 0.15) is 12.4 Å². The van der Waals surface area contributed by atoms with E-state index in [-0.39, 0.29) is 31.0 Å². The molecule has 0 heterocycles. The van der Waals surface area contributed by atoms with Crippen LogP contribution in [0.5, 0.6) is 5.75 Å². The minimum Gasteiger partial charge on any atom is -0.496 e. The Balaban J connectivity index is 2.93. The summed E-state index contributed by atoms with van der Waals surface area (Å²) in [5.74, 6) is 0.530. The largest absolute Gasteiger partial charge is 0.496 e. The quantitative estimate of drug-likeness (QED) is 0.820. The third-order valence-electron chi connectivity index (χ3n) is 3.37. The Hall–Kier alpha value is -1.55. The molecule has 118 valence electrons. The van der Waals surface area contributed by atoms with Gasteiger partial charge < -0.3 is 14.6 Å². The van der Waals surface area contributed by atoms with Crippen LogP contribution in [0.1, 0.15) is 43.9 Å². The Bertz CT molecular complexity index is 486. The molecule has 0 saturated carbocycles. The van der Waals surface area contributed by atoms with E-state index in [1.54, 1.807) is 7.11 Å². The number of rotatable bonds is 6. The Labute approximate surface area is 127 Å². The molecule has 4 nitrogen and oxygen atoms in total. The van der Waals surface area contributed by atoms with E-state index in [9.17, 15) is 4.79 Å². The van der Waals surface area contributed by atoms with E-state index in [1.165, 1.54) is 5.56 Å². The molecule has 0 atom stereocenters. The van der Waals surface area contributed by atoms with Gasteiger partial charge in [-0.05, 0) is 35.4 Å². The van der Waals surface area contributed by atoms with Crippen molar-refractivity contribution in [2.24, 2.45) is 0 Å². The molecule has 0 bridgehead atoms. The first-order valence-electron chi connectivity index (χ1n) is 7.24. The highest BCUT2D eigenvalue weighted by atomic mass is 16.5. The van der Waals surface area contributed by atoms with Crippen LogP contribution >= 0.6 is 0 Å². The summed E-state index contributed by atoms with van der Waals surface area (Å²) in [6.07, 6.45) is 0.849. The average Bonchev–Trinajstić information content (AvgIpc) is 2.41. The summed E-state index contributed by atoms with van der Waals surface area (Å²) in [5.41, 5.74) is 3.36. The maximum atomic E-state index is 11.6. The molecule has 21 heavy (non-hydrogen) atoms. The normalized spacial score (nSPS) is 11.3. The van der Waals surface area contributed by atoms with E-state index in [0.717, 1.165) is 16.9 Å². The second-order valence-corrected chi connectivity index (χ2v) is 6.18. The minimum absolute atomic E-state index is 0.0448. The summed E-state index contributed by atoms with van der Waals surface area (Å²) >= 11 is 0. The van der Waals surface area contributed by atoms with Gasteiger partial charge in [-0.25, -0.2) is 0 Å². The van der Waals surface area contributed by atoms with Crippen LogP contribution in [0, 0.1) is 6.92 Å². The fourth-order valence-electron chi connectivity index (χ4n) is 2.23. The molecular formula is C17H26O4. The van der Waals surface area contributed by atoms with Crippen LogP contribution in [0.4, 0.5) is 0 Å². The van der Waals surface area contributed by atoms with Gasteiger partial charge in [-0.3, -0.25) is 4.79 Å². The van der Waals surface area contributed by atoms with Gasteiger partial charge in [0, 0.05) is 6.42 Å². The van der Waals surface area contributed by atoms with Crippen LogP contribution in [0.15, 0.2) is 12.1 Å². The van der Waals surface area contributed by atoms with Gasteiger partial charge >= 0.3 is 5.97 Å². The Morgan fingerprint density at radius 3 is 2.48 bits per heavy atom. The summed E-state index contributed by atoms with van der Waals surface area (Å²) < 4.78 is 10.3. The number of benzene rings is 1. The molecule has 0 saturated heterocycles. The van der Waals surface area contributed by atoms with Gasteiger partial charge in [-0.15, -0.1) is 0 Å². The van der Waals surface area contributed by atoms with Gasteiger partial charge in [0.2, 0.25) is 0 Å². The van der Waals surface area contributed by atoms with Crippen molar-refractivity contribution in [3.8, 4) is 5.75 Å². The maximum absolute atomic E-state index is 11.6. The molecule has 1 aromatic carbocycles. The number of carbonyl (C=O) groups excluding carboxylic acids is 1. The Morgan fingerprint density at radius 2 is 1.95 bits per heavy atom. The zero-order valence-corrected chi connectivity index (χ0v) is 13.7. The fraction of sp³-hybridized carbons (Fsp3) is 0.588. The third-order valence-corrected chi connectivity index (χ3v) is 3.37. The average molecular weight is 294 g/mol. The number of aliphatic hydroxyl groups is 1. The third kappa shape index (κ3) is 5.05. The minimum atomic E-state index is -0.301. The van der Waals surface area contributed by atoms with Gasteiger partial charge in [0.15, 0.2) is 0 Å². The van der Waals surface area contributed by atoms with Crippen molar-refractivity contribution in [2.45, 2.75) is 46.0 Å². The van der Waals surface area contributed by atoms with Gasteiger partial charge in [0.25, 0.3) is 0 Å². The second kappa shape index (κ2) is 7.46. The van der Waals surface area contributed by atoms with Crippen LogP contribution in [0.2, 0.25) is 0 Å². The van der Waals surface area contributed by atoms with E-state index < -0.39 is 0 Å². The highest BCUT2D eigenvalue weighted by Crippen LogP contribution is 2.32. The van der Waals surface area contributed by atoms with E-state index in [2.05, 4.69) is 32.9 Å². The van der Waals surface area contributed by atoms with Crippen molar-refractivity contribution in [1.82, 2.24) is 0 Å². The van der Waals surface area contributed by atoms with Crippen LogP contribution in [-0.2, 0) is 21.4 Å². The molecule has 0 aliphatic heterocycles. The van der Waals surface area contributed by atoms with Crippen molar-refractivity contribution in [1.29, 1.82) is 0 Å². The molecule has 0 aliphatic carbocycles. The first kappa shape index (κ1) is 17.5. The number of esters is 1. The SMILES string of the molecule is COc1c(C)cc(C(C)(C)C)cc1CCC(=O)OCCO. The van der Waals surface area contributed by atoms with Crippen LogP contribution in [0.3, 0.4) is 0 Å². The van der Waals surface area contributed by atoms with Crippen molar-refractivity contribution in [3.63, 3.8) is 0 Å². The predicted molar refractivity (Wildman–Crippen MR) is 82.8 cm³/mol. The molecule has 1 N–H and O–H groups in total. The van der Waals surface area contributed by atoms with Gasteiger partial charge in [0.05, 0.1) is 13.7 Å². The number of methoxy groups -OCH3 is 1. The van der Waals surface area contributed by atoms with Gasteiger partial charge in [-0.2, -0.15) is 0 Å². The molecule has 0 aliphatic rings. The maximum Gasteiger partial charge on any atom is 0.306 e. The first-order chi connectivity index (χ1) is 9.79. The van der Waals surface area contributed by atoms with Crippen LogP contribution in [0.25, 0.3) is 0 Å². The number of hydrogen-bond donors (Lipinski definition) is 1. The molecule has 1 aromatic rings. The lowest BCUT2D eigenvalue weighted by Crippen LogP contribution is -2.13. The summed E-state index contributed by atoms with van der Waals surface area (Å²) in [6, 6.07) is 4.23. The number of carbonyl (C=O) groups is 1. The molecule has 0 amide bonds. The first-order valence-corrected chi connectivity index (χ1v) is 7.24. The molecule has 1 rings (SSSR count). The van der Waals surface area contributed by atoms with Crippen LogP contribution in [-0.4, -0.2) is 31.4 Å². The van der Waals surface area contributed by atoms with Crippen molar-refractivity contribution in [2.75, 3.05) is 20.3 Å². The standard InChI is InChI=1S/C17H26O4/c1-12-10-14(17(2,3)4)11-13(16(12)20-5)6-7-15(19)21-9-8-18/h10-11,18H,6-9H2,1-5H3. The number of aryl methyl sites for hydroxylation is 2. The summed E-state index contributed by atoms with van der Waals surface area (Å²) in [4.78, 5) is 11.6. The zero-order valence-electron chi connectivity index (χ0n) is 13.7. The Kier molecular flexibility index (Phi) is 6.21. The lowest BCUT2D eigenvalue weighted by atomic mass is 9.84. The lowest BCUT2D eigenvalue weighted by Gasteiger charge is -2.22. The molecular weight excluding hydrogens is 268 g/mol. The molecule has 0 radical (unpaired) electrons. The fourth-order valence-corrected chi connectivity index (χ4v) is 2.23. The topological polar surface area (TPSA) is 55.8 Å². The van der Waals surface area contributed by atoms with Crippen molar-refractivity contribution in [3.05, 3.63) is 28.8 Å².